The predicted molar refractivity (Wildman–Crippen MR) is 146 cm³/mol. The van der Waals surface area contributed by atoms with Gasteiger partial charge >= 0.3 is 0 Å². The zero-order chi connectivity index (χ0) is 25.8. The number of hydrogen-bond acceptors (Lipinski definition) is 4. The van der Waals surface area contributed by atoms with Crippen molar-refractivity contribution in [3.63, 3.8) is 0 Å². The summed E-state index contributed by atoms with van der Waals surface area (Å²) in [5.41, 5.74) is 3.35. The number of alkyl halides is 2. The normalized spacial score (nSPS) is 19.7. The Morgan fingerprint density at radius 1 is 1.08 bits per heavy atom. The number of fused-ring (bicyclic) bond motifs is 1. The number of halogens is 5. The number of ketones is 1. The molecule has 1 aromatic heterocycles. The standard InChI is InChI=1S/C26H20Cl5N3O2/c1-34-5-4-14-6-13(12-32-24(14)34)7-21(35)19-11-18(2-3-20(19)29)33-25(36)23-22(26(23,30)31)15-8-16(27)10-17(28)9-15/h2-3,6,8-12,22-23H,4-5,7H2,1H3,(H,33,36). The van der Waals surface area contributed by atoms with Gasteiger partial charge in [0.2, 0.25) is 5.91 Å². The fourth-order valence-corrected chi connectivity index (χ4v) is 6.30. The summed E-state index contributed by atoms with van der Waals surface area (Å²) in [4.78, 5) is 32.7. The molecule has 1 amide bonds. The Hall–Kier alpha value is -2.02. The Morgan fingerprint density at radius 2 is 1.81 bits per heavy atom. The molecule has 5 nitrogen and oxygen atoms in total. The second kappa shape index (κ2) is 9.70. The van der Waals surface area contributed by atoms with Gasteiger partial charge in [-0.3, -0.25) is 9.59 Å². The van der Waals surface area contributed by atoms with Crippen molar-refractivity contribution in [1.82, 2.24) is 4.98 Å². The molecule has 0 radical (unpaired) electrons. The minimum absolute atomic E-state index is 0.147. The molecule has 1 aliphatic carbocycles. The van der Waals surface area contributed by atoms with Crippen molar-refractivity contribution in [2.24, 2.45) is 5.92 Å². The maximum Gasteiger partial charge on any atom is 0.231 e. The van der Waals surface area contributed by atoms with Gasteiger partial charge in [0.25, 0.3) is 0 Å². The fourth-order valence-electron chi connectivity index (χ4n) is 4.71. The molecule has 10 heteroatoms. The van der Waals surface area contributed by atoms with Crippen LogP contribution in [-0.4, -0.2) is 34.6 Å². The first kappa shape index (κ1) is 25.6. The van der Waals surface area contributed by atoms with Crippen LogP contribution in [0.25, 0.3) is 0 Å². The van der Waals surface area contributed by atoms with Crippen LogP contribution in [0.4, 0.5) is 11.5 Å². The number of rotatable bonds is 6. The van der Waals surface area contributed by atoms with E-state index in [0.29, 0.717) is 31.9 Å². The van der Waals surface area contributed by atoms with E-state index in [0.717, 1.165) is 29.9 Å². The van der Waals surface area contributed by atoms with Crippen LogP contribution < -0.4 is 10.2 Å². The predicted octanol–water partition coefficient (Wildman–Crippen LogP) is 6.99. The third-order valence-corrected chi connectivity index (χ3v) is 8.26. The highest BCUT2D eigenvalue weighted by Crippen LogP contribution is 2.65. The summed E-state index contributed by atoms with van der Waals surface area (Å²) in [5, 5.41) is 3.97. The molecule has 2 atom stereocenters. The molecular formula is C26H20Cl5N3O2. The third-order valence-electron chi connectivity index (χ3n) is 6.56. The van der Waals surface area contributed by atoms with Gasteiger partial charge in [0.05, 0.1) is 10.9 Å². The molecule has 36 heavy (non-hydrogen) atoms. The van der Waals surface area contributed by atoms with E-state index < -0.39 is 16.2 Å². The van der Waals surface area contributed by atoms with Gasteiger partial charge in [0, 0.05) is 53.4 Å². The number of hydrogen-bond donors (Lipinski definition) is 1. The highest BCUT2D eigenvalue weighted by molar-refractivity contribution is 6.53. The monoisotopic (exact) mass is 581 g/mol. The van der Waals surface area contributed by atoms with Crippen molar-refractivity contribution >= 4 is 81.2 Å². The lowest BCUT2D eigenvalue weighted by Crippen LogP contribution is -2.17. The molecule has 1 aliphatic heterocycles. The largest absolute Gasteiger partial charge is 0.359 e. The van der Waals surface area contributed by atoms with E-state index in [4.69, 9.17) is 58.0 Å². The zero-order valence-electron chi connectivity index (χ0n) is 19.0. The number of anilines is 2. The van der Waals surface area contributed by atoms with Crippen molar-refractivity contribution < 1.29 is 9.59 Å². The van der Waals surface area contributed by atoms with E-state index >= 15 is 0 Å². The zero-order valence-corrected chi connectivity index (χ0v) is 22.8. The Kier molecular flexibility index (Phi) is 6.90. The van der Waals surface area contributed by atoms with E-state index in [1.807, 2.05) is 13.1 Å². The summed E-state index contributed by atoms with van der Waals surface area (Å²) in [5.74, 6) is -0.806. The van der Waals surface area contributed by atoms with Crippen LogP contribution in [0.1, 0.15) is 33.0 Å². The molecule has 0 spiro atoms. The van der Waals surface area contributed by atoms with Crippen molar-refractivity contribution in [3.05, 3.63) is 86.0 Å². The van der Waals surface area contributed by atoms with E-state index in [-0.39, 0.29) is 18.1 Å². The smallest absolute Gasteiger partial charge is 0.231 e. The summed E-state index contributed by atoms with van der Waals surface area (Å²) in [6.07, 6.45) is 2.76. The summed E-state index contributed by atoms with van der Waals surface area (Å²) in [6, 6.07) is 11.8. The summed E-state index contributed by atoms with van der Waals surface area (Å²) in [7, 11) is 2.00. The van der Waals surface area contributed by atoms with Gasteiger partial charge in [-0.25, -0.2) is 4.98 Å². The summed E-state index contributed by atoms with van der Waals surface area (Å²) < 4.78 is -1.31. The number of nitrogens with one attached hydrogen (secondary N) is 1. The lowest BCUT2D eigenvalue weighted by molar-refractivity contribution is -0.117. The Bertz CT molecular complexity index is 1370. The van der Waals surface area contributed by atoms with Gasteiger partial charge in [-0.1, -0.05) is 40.9 Å². The minimum atomic E-state index is -1.31. The molecule has 2 unspecified atom stereocenters. The number of Topliss-reactive ketones (excluding diaryl/α,β-unsaturated/α-hetero) is 1. The second-order valence-corrected chi connectivity index (χ2v) is 11.8. The molecule has 3 aromatic rings. The number of carbonyl (C=O) groups is 2. The van der Waals surface area contributed by atoms with Crippen molar-refractivity contribution in [2.45, 2.75) is 23.1 Å². The van der Waals surface area contributed by atoms with Gasteiger partial charge in [-0.05, 0) is 59.5 Å². The number of likely N-dealkylation sites (N-methyl/N-ethyl adjacent to an activating group) is 1. The molecule has 5 rings (SSSR count). The highest BCUT2D eigenvalue weighted by Gasteiger charge is 2.67. The van der Waals surface area contributed by atoms with Crippen LogP contribution >= 0.6 is 58.0 Å². The molecule has 0 saturated heterocycles. The topological polar surface area (TPSA) is 62.3 Å². The van der Waals surface area contributed by atoms with Crippen molar-refractivity contribution in [3.8, 4) is 0 Å². The molecule has 2 aromatic carbocycles. The quantitative estimate of drug-likeness (QED) is 0.251. The van der Waals surface area contributed by atoms with Crippen LogP contribution in [0.15, 0.2) is 48.7 Å². The van der Waals surface area contributed by atoms with Crippen LogP contribution in [0.3, 0.4) is 0 Å². The van der Waals surface area contributed by atoms with Crippen LogP contribution in [0.5, 0.6) is 0 Å². The van der Waals surface area contributed by atoms with Crippen LogP contribution in [-0.2, 0) is 17.6 Å². The van der Waals surface area contributed by atoms with Crippen molar-refractivity contribution in [1.29, 1.82) is 0 Å². The Labute approximate surface area is 233 Å². The minimum Gasteiger partial charge on any atom is -0.359 e. The fraction of sp³-hybridized carbons (Fsp3) is 0.269. The molecule has 2 heterocycles. The average Bonchev–Trinajstić information content (AvgIpc) is 3.21. The molecular weight excluding hydrogens is 564 g/mol. The first-order valence-corrected chi connectivity index (χ1v) is 13.1. The van der Waals surface area contributed by atoms with Gasteiger partial charge in [0.15, 0.2) is 5.78 Å². The Morgan fingerprint density at radius 3 is 2.53 bits per heavy atom. The molecule has 1 fully saturated rings. The van der Waals surface area contributed by atoms with E-state index in [1.165, 1.54) is 0 Å². The molecule has 1 saturated carbocycles. The number of carbonyl (C=O) groups excluding carboxylic acids is 2. The maximum absolute atomic E-state index is 13.1. The number of nitrogens with zero attached hydrogens (tertiary/aromatic N) is 2. The van der Waals surface area contributed by atoms with Crippen LogP contribution in [0, 0.1) is 5.92 Å². The SMILES string of the molecule is CN1CCc2cc(CC(=O)c3cc(NC(=O)C4C(c5cc(Cl)cc(Cl)c5)C4(Cl)Cl)ccc3Cl)cnc21. The van der Waals surface area contributed by atoms with E-state index in [2.05, 4.69) is 15.2 Å². The molecule has 2 aliphatic rings. The first-order chi connectivity index (χ1) is 17.0. The maximum atomic E-state index is 13.1. The molecule has 0 bridgehead atoms. The lowest BCUT2D eigenvalue weighted by atomic mass is 10.0. The van der Waals surface area contributed by atoms with Gasteiger partial charge in [-0.15, -0.1) is 23.2 Å². The average molecular weight is 584 g/mol. The van der Waals surface area contributed by atoms with Gasteiger partial charge in [-0.2, -0.15) is 0 Å². The molecule has 186 valence electrons. The van der Waals surface area contributed by atoms with E-state index in [9.17, 15) is 9.59 Å². The number of pyridine rings is 1. The van der Waals surface area contributed by atoms with Gasteiger partial charge < -0.3 is 10.2 Å². The Balaban J connectivity index is 1.31. The number of aromatic nitrogens is 1. The van der Waals surface area contributed by atoms with E-state index in [1.54, 1.807) is 42.6 Å². The molecule has 1 N–H and O–H groups in total. The highest BCUT2D eigenvalue weighted by atomic mass is 35.5. The first-order valence-electron chi connectivity index (χ1n) is 11.2. The number of benzene rings is 2. The summed E-state index contributed by atoms with van der Waals surface area (Å²) in [6.45, 7) is 0.908. The third kappa shape index (κ3) is 4.92. The van der Waals surface area contributed by atoms with Crippen LogP contribution in [0.2, 0.25) is 15.1 Å². The lowest BCUT2D eigenvalue weighted by Gasteiger charge is -2.11. The summed E-state index contributed by atoms with van der Waals surface area (Å²) >= 11 is 31.5. The number of amides is 1. The van der Waals surface area contributed by atoms with Gasteiger partial charge in [0.1, 0.15) is 10.2 Å². The second-order valence-electron chi connectivity index (χ2n) is 9.11. The van der Waals surface area contributed by atoms with Crippen molar-refractivity contribution in [2.75, 3.05) is 23.8 Å².